The third-order valence-electron chi connectivity index (χ3n) is 3.08. The summed E-state index contributed by atoms with van der Waals surface area (Å²) in [6.45, 7) is 2.75. The summed E-state index contributed by atoms with van der Waals surface area (Å²) in [7, 11) is 1.91. The zero-order valence-electron chi connectivity index (χ0n) is 10.0. The largest absolute Gasteiger partial charge is 0.325 e. The molecular formula is C12H12BrClN4. The van der Waals surface area contributed by atoms with Crippen LogP contribution >= 0.6 is 27.5 Å². The second kappa shape index (κ2) is 4.26. The predicted octanol–water partition coefficient (Wildman–Crippen LogP) is 3.26. The number of fused-ring (bicyclic) bond motifs is 3. The number of imidazole rings is 2. The lowest BCUT2D eigenvalue weighted by Gasteiger charge is -2.00. The minimum Gasteiger partial charge on any atom is -0.325 e. The van der Waals surface area contributed by atoms with Gasteiger partial charge in [0.1, 0.15) is 4.60 Å². The first-order valence-corrected chi connectivity index (χ1v) is 6.78. The van der Waals surface area contributed by atoms with Crippen LogP contribution in [0.25, 0.3) is 16.8 Å². The first-order valence-electron chi connectivity index (χ1n) is 5.61. The first kappa shape index (κ1) is 12.0. The van der Waals surface area contributed by atoms with Crippen LogP contribution in [0.5, 0.6) is 0 Å². The Morgan fingerprint density at radius 1 is 1.50 bits per heavy atom. The SMILES string of the molecule is CNCc1[nH]c2nc3c(C)c(Cl)ccc3n2c1Br. The molecule has 0 fully saturated rings. The first-order chi connectivity index (χ1) is 8.63. The fourth-order valence-electron chi connectivity index (χ4n) is 2.15. The topological polar surface area (TPSA) is 45.1 Å². The van der Waals surface area contributed by atoms with Crippen molar-refractivity contribution in [1.29, 1.82) is 0 Å². The third kappa shape index (κ3) is 1.58. The van der Waals surface area contributed by atoms with E-state index in [0.717, 1.165) is 44.2 Å². The van der Waals surface area contributed by atoms with Gasteiger partial charge in [-0.3, -0.25) is 4.40 Å². The Morgan fingerprint density at radius 3 is 3.00 bits per heavy atom. The number of nitrogens with one attached hydrogen (secondary N) is 2. The van der Waals surface area contributed by atoms with E-state index in [4.69, 9.17) is 11.6 Å². The molecule has 3 rings (SSSR count). The summed E-state index contributed by atoms with van der Waals surface area (Å²) in [4.78, 5) is 7.90. The van der Waals surface area contributed by atoms with Crippen molar-refractivity contribution in [3.8, 4) is 0 Å². The molecule has 0 aliphatic carbocycles. The number of nitrogens with zero attached hydrogens (tertiary/aromatic N) is 2. The lowest BCUT2D eigenvalue weighted by atomic mass is 10.2. The van der Waals surface area contributed by atoms with Crippen molar-refractivity contribution in [3.05, 3.63) is 33.0 Å². The average molecular weight is 328 g/mol. The van der Waals surface area contributed by atoms with Gasteiger partial charge in [0.2, 0.25) is 5.78 Å². The van der Waals surface area contributed by atoms with E-state index < -0.39 is 0 Å². The van der Waals surface area contributed by atoms with E-state index in [-0.39, 0.29) is 0 Å². The van der Waals surface area contributed by atoms with Gasteiger partial charge in [0.05, 0.1) is 16.7 Å². The molecule has 0 spiro atoms. The van der Waals surface area contributed by atoms with Crippen molar-refractivity contribution in [2.45, 2.75) is 13.5 Å². The van der Waals surface area contributed by atoms with E-state index >= 15 is 0 Å². The van der Waals surface area contributed by atoms with Gasteiger partial charge >= 0.3 is 0 Å². The van der Waals surface area contributed by atoms with Gasteiger partial charge in [0.15, 0.2) is 0 Å². The summed E-state index contributed by atoms with van der Waals surface area (Å²) in [6, 6.07) is 3.90. The smallest absolute Gasteiger partial charge is 0.213 e. The molecule has 94 valence electrons. The van der Waals surface area contributed by atoms with Crippen LogP contribution < -0.4 is 5.32 Å². The zero-order chi connectivity index (χ0) is 12.9. The molecule has 4 nitrogen and oxygen atoms in total. The summed E-state index contributed by atoms with van der Waals surface area (Å²) in [5.74, 6) is 0.826. The van der Waals surface area contributed by atoms with Crippen LogP contribution in [0, 0.1) is 6.92 Å². The Balaban J connectivity index is 2.38. The van der Waals surface area contributed by atoms with Crippen molar-refractivity contribution >= 4 is 44.3 Å². The van der Waals surface area contributed by atoms with Crippen LogP contribution in [-0.4, -0.2) is 21.4 Å². The van der Waals surface area contributed by atoms with E-state index in [1.807, 2.05) is 26.1 Å². The maximum absolute atomic E-state index is 6.12. The molecule has 0 saturated heterocycles. The van der Waals surface area contributed by atoms with Crippen LogP contribution in [0.4, 0.5) is 0 Å². The molecule has 2 aromatic heterocycles. The fourth-order valence-corrected chi connectivity index (χ4v) is 2.90. The number of aryl methyl sites for hydroxylation is 1. The standard InChI is InChI=1S/C12H12BrClN4/c1-6-7(14)3-4-9-10(6)17-12-16-8(5-15-2)11(13)18(9)12/h3-4,15H,5H2,1-2H3,(H,16,17). The molecule has 2 heterocycles. The van der Waals surface area contributed by atoms with E-state index in [2.05, 4.69) is 35.6 Å². The van der Waals surface area contributed by atoms with Crippen LogP contribution in [-0.2, 0) is 6.54 Å². The number of halogens is 2. The van der Waals surface area contributed by atoms with Gasteiger partial charge < -0.3 is 10.3 Å². The molecule has 0 bridgehead atoms. The molecule has 2 N–H and O–H groups in total. The highest BCUT2D eigenvalue weighted by Gasteiger charge is 2.15. The molecule has 0 aliphatic rings. The van der Waals surface area contributed by atoms with Crippen LogP contribution in [0.2, 0.25) is 5.02 Å². The zero-order valence-corrected chi connectivity index (χ0v) is 12.4. The van der Waals surface area contributed by atoms with Crippen molar-refractivity contribution in [2.75, 3.05) is 7.05 Å². The highest BCUT2D eigenvalue weighted by Crippen LogP contribution is 2.29. The second-order valence-electron chi connectivity index (χ2n) is 4.24. The van der Waals surface area contributed by atoms with Crippen molar-refractivity contribution < 1.29 is 0 Å². The lowest BCUT2D eigenvalue weighted by molar-refractivity contribution is 0.793. The fraction of sp³-hybridized carbons (Fsp3) is 0.250. The molecule has 0 radical (unpaired) electrons. The molecular weight excluding hydrogens is 316 g/mol. The molecule has 0 saturated carbocycles. The van der Waals surface area contributed by atoms with Crippen LogP contribution in [0.3, 0.4) is 0 Å². The number of rotatable bonds is 2. The minimum absolute atomic E-state index is 0.745. The maximum atomic E-state index is 6.12. The van der Waals surface area contributed by atoms with Crippen LogP contribution in [0.15, 0.2) is 16.7 Å². The van der Waals surface area contributed by atoms with Crippen molar-refractivity contribution in [2.24, 2.45) is 0 Å². The molecule has 3 aromatic rings. The van der Waals surface area contributed by atoms with Gasteiger partial charge in [0.25, 0.3) is 0 Å². The number of aromatic nitrogens is 3. The molecule has 6 heteroatoms. The van der Waals surface area contributed by atoms with Gasteiger partial charge in [-0.15, -0.1) is 0 Å². The van der Waals surface area contributed by atoms with Gasteiger partial charge in [-0.2, -0.15) is 0 Å². The Labute approximate surface area is 117 Å². The monoisotopic (exact) mass is 326 g/mol. The van der Waals surface area contributed by atoms with Gasteiger partial charge in [-0.25, -0.2) is 4.98 Å². The summed E-state index contributed by atoms with van der Waals surface area (Å²) in [5.41, 5.74) is 4.07. The summed E-state index contributed by atoms with van der Waals surface area (Å²) >= 11 is 9.74. The summed E-state index contributed by atoms with van der Waals surface area (Å²) in [5, 5.41) is 3.87. The third-order valence-corrected chi connectivity index (χ3v) is 4.32. The highest BCUT2D eigenvalue weighted by atomic mass is 79.9. The molecule has 0 aliphatic heterocycles. The lowest BCUT2D eigenvalue weighted by Crippen LogP contribution is -2.05. The summed E-state index contributed by atoms with van der Waals surface area (Å²) in [6.07, 6.45) is 0. The molecule has 0 amide bonds. The predicted molar refractivity (Wildman–Crippen MR) is 77.3 cm³/mol. The number of H-pyrrole nitrogens is 1. The molecule has 1 aromatic carbocycles. The Morgan fingerprint density at radius 2 is 2.28 bits per heavy atom. The number of hydrogen-bond donors (Lipinski definition) is 2. The Hall–Kier alpha value is -1.04. The Bertz CT molecular complexity index is 744. The molecule has 0 atom stereocenters. The number of hydrogen-bond acceptors (Lipinski definition) is 2. The number of benzene rings is 1. The second-order valence-corrected chi connectivity index (χ2v) is 5.39. The van der Waals surface area contributed by atoms with Crippen LogP contribution in [0.1, 0.15) is 11.3 Å². The Kier molecular flexibility index (Phi) is 2.84. The van der Waals surface area contributed by atoms with Gasteiger partial charge in [-0.05, 0) is 47.6 Å². The van der Waals surface area contributed by atoms with E-state index in [1.165, 1.54) is 0 Å². The quantitative estimate of drug-likeness (QED) is 0.759. The van der Waals surface area contributed by atoms with Crippen molar-refractivity contribution in [3.63, 3.8) is 0 Å². The molecule has 18 heavy (non-hydrogen) atoms. The van der Waals surface area contributed by atoms with Crippen molar-refractivity contribution in [1.82, 2.24) is 19.7 Å². The summed E-state index contributed by atoms with van der Waals surface area (Å²) < 4.78 is 3.06. The van der Waals surface area contributed by atoms with E-state index in [1.54, 1.807) is 0 Å². The highest BCUT2D eigenvalue weighted by molar-refractivity contribution is 9.10. The van der Waals surface area contributed by atoms with Gasteiger partial charge in [0, 0.05) is 11.6 Å². The minimum atomic E-state index is 0.745. The normalized spacial score (nSPS) is 11.8. The molecule has 0 unspecified atom stereocenters. The average Bonchev–Trinajstić information content (AvgIpc) is 2.84. The van der Waals surface area contributed by atoms with E-state index in [0.29, 0.717) is 0 Å². The van der Waals surface area contributed by atoms with E-state index in [9.17, 15) is 0 Å². The number of aromatic amines is 1. The van der Waals surface area contributed by atoms with Gasteiger partial charge in [-0.1, -0.05) is 11.6 Å². The maximum Gasteiger partial charge on any atom is 0.213 e.